The van der Waals surface area contributed by atoms with Gasteiger partial charge in [-0.3, -0.25) is 9.79 Å². The molecule has 0 aromatic carbocycles. The summed E-state index contributed by atoms with van der Waals surface area (Å²) in [6, 6.07) is 0.133. The van der Waals surface area contributed by atoms with Crippen molar-refractivity contribution in [1.82, 2.24) is 5.32 Å². The molecule has 0 saturated heterocycles. The molecule has 2 aliphatic rings. The molecule has 4 nitrogen and oxygen atoms in total. The molecule has 19 heavy (non-hydrogen) atoms. The lowest BCUT2D eigenvalue weighted by molar-refractivity contribution is -0.114. The van der Waals surface area contributed by atoms with Crippen molar-refractivity contribution in [2.24, 2.45) is 4.99 Å². The summed E-state index contributed by atoms with van der Waals surface area (Å²) in [4.78, 5) is 16.1. The summed E-state index contributed by atoms with van der Waals surface area (Å²) in [5.74, 6) is 0.195. The van der Waals surface area contributed by atoms with E-state index >= 15 is 0 Å². The molecule has 0 fully saturated rings. The number of aliphatic imine (C=N–C) groups is 1. The van der Waals surface area contributed by atoms with Crippen LogP contribution in [0.4, 0.5) is 0 Å². The second kappa shape index (κ2) is 6.78. The third-order valence-electron chi connectivity index (χ3n) is 3.68. The Morgan fingerprint density at radius 1 is 1.47 bits per heavy atom. The number of Topliss-reactive ketones (excluding diaryl/α,β-unsaturated/α-hetero) is 1. The topological polar surface area (TPSA) is 61.7 Å². The molecule has 0 aromatic rings. The van der Waals surface area contributed by atoms with Gasteiger partial charge in [-0.1, -0.05) is 25.8 Å². The summed E-state index contributed by atoms with van der Waals surface area (Å²) in [6.45, 7) is 2.98. The van der Waals surface area contributed by atoms with Crippen LogP contribution < -0.4 is 5.32 Å². The average Bonchev–Trinajstić information content (AvgIpc) is 2.84. The third kappa shape index (κ3) is 3.39. The monoisotopic (exact) mass is 262 g/mol. The van der Waals surface area contributed by atoms with Crippen LogP contribution in [0.1, 0.15) is 39.0 Å². The first-order valence-corrected chi connectivity index (χ1v) is 7.08. The molecule has 104 valence electrons. The van der Waals surface area contributed by atoms with E-state index in [4.69, 9.17) is 0 Å². The summed E-state index contributed by atoms with van der Waals surface area (Å²) in [6.07, 6.45) is 8.14. The SMILES string of the molecule is CCCC[C@@H](CO)NCC1=CCC2=C1N=CCC2=O. The molecule has 2 N–H and O–H groups in total. The van der Waals surface area contributed by atoms with E-state index in [-0.39, 0.29) is 18.4 Å². The van der Waals surface area contributed by atoms with Crippen LogP contribution in [0.15, 0.2) is 27.9 Å². The molecule has 0 radical (unpaired) electrons. The summed E-state index contributed by atoms with van der Waals surface area (Å²) < 4.78 is 0. The lowest BCUT2D eigenvalue weighted by atomic mass is 10.0. The molecular formula is C15H22N2O2. The molecule has 0 bridgehead atoms. The van der Waals surface area contributed by atoms with E-state index in [0.717, 1.165) is 36.1 Å². The largest absolute Gasteiger partial charge is 0.395 e. The maximum atomic E-state index is 11.7. The second-order valence-corrected chi connectivity index (χ2v) is 5.10. The van der Waals surface area contributed by atoms with Crippen LogP contribution in [0.3, 0.4) is 0 Å². The van der Waals surface area contributed by atoms with Crippen LogP contribution in [-0.2, 0) is 4.79 Å². The fourth-order valence-electron chi connectivity index (χ4n) is 2.48. The zero-order chi connectivity index (χ0) is 13.7. The average molecular weight is 262 g/mol. The number of carbonyl (C=O) groups is 1. The Morgan fingerprint density at radius 3 is 3.05 bits per heavy atom. The van der Waals surface area contributed by atoms with Gasteiger partial charge in [0.05, 0.1) is 12.3 Å². The van der Waals surface area contributed by atoms with E-state index in [1.54, 1.807) is 6.21 Å². The van der Waals surface area contributed by atoms with Crippen molar-refractivity contribution < 1.29 is 9.90 Å². The minimum atomic E-state index is 0.133. The van der Waals surface area contributed by atoms with Crippen molar-refractivity contribution in [2.75, 3.05) is 13.2 Å². The number of allylic oxidation sites excluding steroid dienone is 2. The van der Waals surface area contributed by atoms with Crippen LogP contribution in [-0.4, -0.2) is 36.3 Å². The molecule has 0 saturated carbocycles. The van der Waals surface area contributed by atoms with Gasteiger partial charge in [-0.15, -0.1) is 0 Å². The number of nitrogens with one attached hydrogen (secondary N) is 1. The number of unbranched alkanes of at least 4 members (excludes halogenated alkanes) is 1. The highest BCUT2D eigenvalue weighted by Gasteiger charge is 2.24. The fraction of sp³-hybridized carbons (Fsp3) is 0.600. The first-order valence-electron chi connectivity index (χ1n) is 7.08. The molecule has 0 aromatic heterocycles. The Kier molecular flexibility index (Phi) is 5.05. The molecule has 0 amide bonds. The zero-order valence-corrected chi connectivity index (χ0v) is 11.5. The third-order valence-corrected chi connectivity index (χ3v) is 3.68. The van der Waals surface area contributed by atoms with Crippen LogP contribution in [0.5, 0.6) is 0 Å². The Labute approximate surface area is 114 Å². The number of hydrogen-bond donors (Lipinski definition) is 2. The van der Waals surface area contributed by atoms with Gasteiger partial charge in [0.15, 0.2) is 5.78 Å². The van der Waals surface area contributed by atoms with Gasteiger partial charge in [0.1, 0.15) is 0 Å². The molecule has 1 atom stereocenters. The molecule has 1 aliphatic carbocycles. The quantitative estimate of drug-likeness (QED) is 0.735. The Bertz CT molecular complexity index is 435. The van der Waals surface area contributed by atoms with Crippen molar-refractivity contribution in [2.45, 2.75) is 45.1 Å². The highest BCUT2D eigenvalue weighted by atomic mass is 16.3. The van der Waals surface area contributed by atoms with Gasteiger partial charge in [0.2, 0.25) is 0 Å². The van der Waals surface area contributed by atoms with Crippen LogP contribution >= 0.6 is 0 Å². The minimum absolute atomic E-state index is 0.133. The number of ketones is 1. The highest BCUT2D eigenvalue weighted by molar-refractivity contribution is 6.07. The predicted molar refractivity (Wildman–Crippen MR) is 76.2 cm³/mol. The van der Waals surface area contributed by atoms with Crippen molar-refractivity contribution >= 4 is 12.0 Å². The lowest BCUT2D eigenvalue weighted by Crippen LogP contribution is -2.34. The number of carbonyl (C=O) groups excluding carboxylic acids is 1. The van der Waals surface area contributed by atoms with Crippen molar-refractivity contribution in [3.05, 3.63) is 22.9 Å². The smallest absolute Gasteiger partial charge is 0.166 e. The first kappa shape index (κ1) is 14.2. The lowest BCUT2D eigenvalue weighted by Gasteiger charge is -2.17. The summed E-state index contributed by atoms with van der Waals surface area (Å²) in [5.41, 5.74) is 2.80. The van der Waals surface area contributed by atoms with Gasteiger partial charge in [-0.25, -0.2) is 0 Å². The van der Waals surface area contributed by atoms with Crippen molar-refractivity contribution in [1.29, 1.82) is 0 Å². The van der Waals surface area contributed by atoms with Gasteiger partial charge >= 0.3 is 0 Å². The number of aliphatic hydroxyl groups is 1. The van der Waals surface area contributed by atoms with Crippen LogP contribution in [0, 0.1) is 0 Å². The number of hydrogen-bond acceptors (Lipinski definition) is 4. The Balaban J connectivity index is 1.90. The van der Waals surface area contributed by atoms with Crippen LogP contribution in [0.25, 0.3) is 0 Å². The van der Waals surface area contributed by atoms with Gasteiger partial charge in [0, 0.05) is 30.8 Å². The standard InChI is InChI=1S/C15H22N2O2/c1-2-3-4-12(10-18)17-9-11-5-6-13-14(19)7-8-16-15(11)13/h5,8,12,17-18H,2-4,6-7,9-10H2,1H3/t12-/m0/s1. The maximum absolute atomic E-state index is 11.7. The van der Waals surface area contributed by atoms with Gasteiger partial charge in [-0.05, 0) is 18.4 Å². The number of rotatable bonds is 7. The summed E-state index contributed by atoms with van der Waals surface area (Å²) >= 11 is 0. The normalized spacial score (nSPS) is 19.7. The van der Waals surface area contributed by atoms with Crippen LogP contribution in [0.2, 0.25) is 0 Å². The van der Waals surface area contributed by atoms with E-state index in [2.05, 4.69) is 23.3 Å². The molecule has 1 heterocycles. The molecular weight excluding hydrogens is 240 g/mol. The molecule has 4 heteroatoms. The predicted octanol–water partition coefficient (Wildman–Crippen LogP) is 1.75. The molecule has 2 rings (SSSR count). The van der Waals surface area contributed by atoms with E-state index in [1.807, 2.05) is 0 Å². The van der Waals surface area contributed by atoms with E-state index in [1.165, 1.54) is 0 Å². The Hall–Kier alpha value is -1.26. The maximum Gasteiger partial charge on any atom is 0.166 e. The zero-order valence-electron chi connectivity index (χ0n) is 11.5. The van der Waals surface area contributed by atoms with E-state index in [0.29, 0.717) is 19.4 Å². The van der Waals surface area contributed by atoms with E-state index in [9.17, 15) is 9.90 Å². The van der Waals surface area contributed by atoms with Crippen molar-refractivity contribution in [3.63, 3.8) is 0 Å². The molecule has 0 unspecified atom stereocenters. The van der Waals surface area contributed by atoms with Gasteiger partial charge in [-0.2, -0.15) is 0 Å². The van der Waals surface area contributed by atoms with Gasteiger partial charge in [0.25, 0.3) is 0 Å². The second-order valence-electron chi connectivity index (χ2n) is 5.10. The number of aliphatic hydroxyl groups excluding tert-OH is 1. The molecule has 1 aliphatic heterocycles. The Morgan fingerprint density at radius 2 is 2.32 bits per heavy atom. The minimum Gasteiger partial charge on any atom is -0.395 e. The van der Waals surface area contributed by atoms with Gasteiger partial charge < -0.3 is 10.4 Å². The van der Waals surface area contributed by atoms with E-state index < -0.39 is 0 Å². The first-order chi connectivity index (χ1) is 9.26. The fourth-order valence-corrected chi connectivity index (χ4v) is 2.48. The molecule has 0 spiro atoms. The number of nitrogens with zero attached hydrogens (tertiary/aromatic N) is 1. The summed E-state index contributed by atoms with van der Waals surface area (Å²) in [7, 11) is 0. The summed E-state index contributed by atoms with van der Waals surface area (Å²) in [5, 5.41) is 12.7. The van der Waals surface area contributed by atoms with Crippen molar-refractivity contribution in [3.8, 4) is 0 Å². The highest BCUT2D eigenvalue weighted by Crippen LogP contribution is 2.30.